The van der Waals surface area contributed by atoms with Gasteiger partial charge in [-0.05, 0) is 44.2 Å². The highest BCUT2D eigenvalue weighted by Crippen LogP contribution is 2.41. The maximum atomic E-state index is 12.9. The number of methoxy groups -OCH3 is 1. The molecule has 0 spiro atoms. The molecule has 1 aromatic heterocycles. The summed E-state index contributed by atoms with van der Waals surface area (Å²) in [5.41, 5.74) is 0. The topological polar surface area (TPSA) is 46.6 Å². The van der Waals surface area contributed by atoms with Gasteiger partial charge in [0.05, 0.1) is 12.0 Å². The molecule has 114 valence electrons. The predicted octanol–water partition coefficient (Wildman–Crippen LogP) is 3.00. The number of hydrogen-bond acceptors (Lipinski definition) is 4. The number of amides is 1. The fourth-order valence-corrected chi connectivity index (χ4v) is 4.59. The van der Waals surface area contributed by atoms with Crippen LogP contribution in [0.4, 0.5) is 0 Å². The van der Waals surface area contributed by atoms with Crippen LogP contribution in [0.2, 0.25) is 0 Å². The van der Waals surface area contributed by atoms with Crippen molar-refractivity contribution in [1.82, 2.24) is 4.90 Å². The van der Waals surface area contributed by atoms with Crippen LogP contribution in [0.25, 0.3) is 0 Å². The standard InChI is InChI=1S/C16H21NO3S/c1-10-7-8-14(21-10)15(18)17-12-6-4-3-5-11(12)9-13(17)16(19)20-2/h7-8,11-13H,3-6,9H2,1-2H3/t11-,12+,13+/m1/s1. The summed E-state index contributed by atoms with van der Waals surface area (Å²) in [7, 11) is 1.41. The molecule has 0 unspecified atom stereocenters. The van der Waals surface area contributed by atoms with Crippen molar-refractivity contribution in [3.63, 3.8) is 0 Å². The summed E-state index contributed by atoms with van der Waals surface area (Å²) in [4.78, 5) is 28.6. The Kier molecular flexibility index (Phi) is 4.02. The molecular formula is C16H21NO3S. The van der Waals surface area contributed by atoms with E-state index >= 15 is 0 Å². The molecule has 0 aromatic carbocycles. The van der Waals surface area contributed by atoms with Gasteiger partial charge < -0.3 is 9.64 Å². The van der Waals surface area contributed by atoms with Crippen molar-refractivity contribution in [2.75, 3.05) is 7.11 Å². The van der Waals surface area contributed by atoms with E-state index in [1.165, 1.54) is 24.9 Å². The smallest absolute Gasteiger partial charge is 0.328 e. The largest absolute Gasteiger partial charge is 0.467 e. The lowest BCUT2D eigenvalue weighted by atomic mass is 9.85. The van der Waals surface area contributed by atoms with Crippen molar-refractivity contribution >= 4 is 23.2 Å². The lowest BCUT2D eigenvalue weighted by Gasteiger charge is -2.33. The number of hydrogen-bond donors (Lipinski definition) is 0. The number of carbonyl (C=O) groups excluding carboxylic acids is 2. The number of thiophene rings is 1. The number of aryl methyl sites for hydroxylation is 1. The normalized spacial score (nSPS) is 28.3. The summed E-state index contributed by atoms with van der Waals surface area (Å²) >= 11 is 1.50. The van der Waals surface area contributed by atoms with E-state index in [-0.39, 0.29) is 17.9 Å². The van der Waals surface area contributed by atoms with Crippen molar-refractivity contribution in [2.45, 2.75) is 51.1 Å². The molecule has 1 saturated carbocycles. The summed E-state index contributed by atoms with van der Waals surface area (Å²) in [6.07, 6.45) is 5.23. The molecule has 1 aromatic rings. The van der Waals surface area contributed by atoms with E-state index < -0.39 is 6.04 Å². The average Bonchev–Trinajstić information content (AvgIpc) is 3.09. The number of nitrogens with zero attached hydrogens (tertiary/aromatic N) is 1. The van der Waals surface area contributed by atoms with Crippen LogP contribution in [0, 0.1) is 12.8 Å². The predicted molar refractivity (Wildman–Crippen MR) is 81.4 cm³/mol. The third kappa shape index (κ3) is 2.59. The molecule has 2 heterocycles. The number of carbonyl (C=O) groups is 2. The van der Waals surface area contributed by atoms with Gasteiger partial charge in [-0.1, -0.05) is 12.8 Å². The van der Waals surface area contributed by atoms with Gasteiger partial charge in [0.2, 0.25) is 0 Å². The first-order chi connectivity index (χ1) is 10.1. The van der Waals surface area contributed by atoms with Crippen LogP contribution in [-0.4, -0.2) is 36.0 Å². The van der Waals surface area contributed by atoms with E-state index in [9.17, 15) is 9.59 Å². The molecule has 1 aliphatic heterocycles. The van der Waals surface area contributed by atoms with E-state index in [1.54, 1.807) is 0 Å². The number of esters is 1. The second-order valence-electron chi connectivity index (χ2n) is 6.01. The zero-order valence-corrected chi connectivity index (χ0v) is 13.3. The minimum absolute atomic E-state index is 0.00194. The summed E-state index contributed by atoms with van der Waals surface area (Å²) in [5, 5.41) is 0. The van der Waals surface area contributed by atoms with Crippen LogP contribution < -0.4 is 0 Å². The van der Waals surface area contributed by atoms with E-state index in [0.717, 1.165) is 35.4 Å². The average molecular weight is 307 g/mol. The highest BCUT2D eigenvalue weighted by molar-refractivity contribution is 7.13. The Bertz CT molecular complexity index is 553. The Morgan fingerprint density at radius 1 is 1.29 bits per heavy atom. The van der Waals surface area contributed by atoms with Crippen molar-refractivity contribution in [2.24, 2.45) is 5.92 Å². The lowest BCUT2D eigenvalue weighted by molar-refractivity contribution is -0.145. The third-order valence-electron chi connectivity index (χ3n) is 4.75. The first kappa shape index (κ1) is 14.6. The molecule has 2 aliphatic rings. The minimum Gasteiger partial charge on any atom is -0.467 e. The van der Waals surface area contributed by atoms with E-state index in [2.05, 4.69) is 0 Å². The van der Waals surface area contributed by atoms with Gasteiger partial charge in [-0.2, -0.15) is 0 Å². The van der Waals surface area contributed by atoms with Crippen LogP contribution in [-0.2, 0) is 9.53 Å². The molecule has 0 bridgehead atoms. The fourth-order valence-electron chi connectivity index (χ4n) is 3.78. The zero-order valence-electron chi connectivity index (χ0n) is 12.5. The molecule has 21 heavy (non-hydrogen) atoms. The van der Waals surface area contributed by atoms with E-state index in [0.29, 0.717) is 5.92 Å². The van der Waals surface area contributed by atoms with Crippen molar-refractivity contribution in [3.05, 3.63) is 21.9 Å². The van der Waals surface area contributed by atoms with Gasteiger partial charge in [-0.15, -0.1) is 11.3 Å². The van der Waals surface area contributed by atoms with E-state index in [4.69, 9.17) is 4.74 Å². The van der Waals surface area contributed by atoms with Gasteiger partial charge in [0.1, 0.15) is 6.04 Å². The summed E-state index contributed by atoms with van der Waals surface area (Å²) < 4.78 is 4.93. The number of likely N-dealkylation sites (tertiary alicyclic amines) is 1. The van der Waals surface area contributed by atoms with Gasteiger partial charge in [-0.3, -0.25) is 4.79 Å². The van der Waals surface area contributed by atoms with Gasteiger partial charge in [-0.25, -0.2) is 4.79 Å². The molecule has 0 radical (unpaired) electrons. The molecule has 4 nitrogen and oxygen atoms in total. The summed E-state index contributed by atoms with van der Waals surface area (Å²) in [5.74, 6) is 0.178. The monoisotopic (exact) mass is 307 g/mol. The number of ether oxygens (including phenoxy) is 1. The molecule has 5 heteroatoms. The number of fused-ring (bicyclic) bond motifs is 1. The first-order valence-corrected chi connectivity index (χ1v) is 8.40. The van der Waals surface area contributed by atoms with Gasteiger partial charge in [0, 0.05) is 10.9 Å². The van der Waals surface area contributed by atoms with Crippen LogP contribution in [0.15, 0.2) is 12.1 Å². The lowest BCUT2D eigenvalue weighted by Crippen LogP contribution is -2.46. The van der Waals surface area contributed by atoms with Crippen LogP contribution >= 0.6 is 11.3 Å². The third-order valence-corrected chi connectivity index (χ3v) is 5.74. The van der Waals surface area contributed by atoms with Crippen LogP contribution in [0.5, 0.6) is 0 Å². The van der Waals surface area contributed by atoms with E-state index in [1.807, 2.05) is 24.0 Å². The molecule has 3 rings (SSSR count). The van der Waals surface area contributed by atoms with Crippen molar-refractivity contribution in [3.8, 4) is 0 Å². The molecule has 1 aliphatic carbocycles. The Balaban J connectivity index is 1.90. The Morgan fingerprint density at radius 2 is 2.05 bits per heavy atom. The highest BCUT2D eigenvalue weighted by atomic mass is 32.1. The Morgan fingerprint density at radius 3 is 2.71 bits per heavy atom. The Labute approximate surface area is 129 Å². The second kappa shape index (κ2) is 5.79. The molecule has 1 saturated heterocycles. The molecule has 0 N–H and O–H groups in total. The second-order valence-corrected chi connectivity index (χ2v) is 7.30. The maximum Gasteiger partial charge on any atom is 0.328 e. The fraction of sp³-hybridized carbons (Fsp3) is 0.625. The van der Waals surface area contributed by atoms with Gasteiger partial charge in [0.15, 0.2) is 0 Å². The Hall–Kier alpha value is -1.36. The van der Waals surface area contributed by atoms with Gasteiger partial charge in [0.25, 0.3) is 5.91 Å². The van der Waals surface area contributed by atoms with Crippen LogP contribution in [0.1, 0.15) is 46.7 Å². The van der Waals surface area contributed by atoms with Gasteiger partial charge >= 0.3 is 5.97 Å². The summed E-state index contributed by atoms with van der Waals surface area (Å²) in [6.45, 7) is 1.99. The SMILES string of the molecule is COC(=O)[C@@H]1C[C@H]2CCCC[C@@H]2N1C(=O)c1ccc(C)s1. The highest BCUT2D eigenvalue weighted by Gasteiger charge is 2.48. The van der Waals surface area contributed by atoms with Crippen LogP contribution in [0.3, 0.4) is 0 Å². The molecule has 2 fully saturated rings. The quantitative estimate of drug-likeness (QED) is 0.789. The molecule has 3 atom stereocenters. The first-order valence-electron chi connectivity index (χ1n) is 7.58. The summed E-state index contributed by atoms with van der Waals surface area (Å²) in [6, 6.07) is 3.63. The maximum absolute atomic E-state index is 12.9. The van der Waals surface area contributed by atoms with Crippen molar-refractivity contribution in [1.29, 1.82) is 0 Å². The molecular weight excluding hydrogens is 286 g/mol. The minimum atomic E-state index is -0.405. The van der Waals surface area contributed by atoms with Crippen molar-refractivity contribution < 1.29 is 14.3 Å². The molecule has 1 amide bonds. The number of rotatable bonds is 2. The zero-order chi connectivity index (χ0) is 15.0.